The number of nitro groups is 1. The molecule has 2 N–H and O–H groups in total. The first kappa shape index (κ1) is 16.4. The molecule has 112 valence electrons. The minimum Gasteiger partial charge on any atom is -0.481 e. The molecule has 0 radical (unpaired) electrons. The van der Waals surface area contributed by atoms with E-state index in [4.69, 9.17) is 10.4 Å². The second-order valence-electron chi connectivity index (χ2n) is 5.76. The maximum atomic E-state index is 11.0. The smallest absolute Gasteiger partial charge is 0.305 e. The van der Waals surface area contributed by atoms with Gasteiger partial charge in [-0.25, -0.2) is 0 Å². The molecule has 0 saturated heterocycles. The van der Waals surface area contributed by atoms with E-state index in [0.717, 1.165) is 0 Å². The summed E-state index contributed by atoms with van der Waals surface area (Å²) in [6.45, 7) is 5.64. The SMILES string of the molecule is CC(C)(C)C(CC(=O)O)Nc1ccc([N+](=O)[O-])cc1C#N. The maximum absolute atomic E-state index is 11.0. The van der Waals surface area contributed by atoms with Crippen LogP contribution in [0.15, 0.2) is 18.2 Å². The highest BCUT2D eigenvalue weighted by Gasteiger charge is 2.27. The molecule has 7 heteroatoms. The summed E-state index contributed by atoms with van der Waals surface area (Å²) >= 11 is 0. The van der Waals surface area contributed by atoms with Crippen LogP contribution in [0, 0.1) is 26.9 Å². The van der Waals surface area contributed by atoms with Crippen LogP contribution in [0.4, 0.5) is 11.4 Å². The first-order chi connectivity index (χ1) is 9.65. The van der Waals surface area contributed by atoms with Crippen molar-refractivity contribution in [2.24, 2.45) is 5.41 Å². The van der Waals surface area contributed by atoms with E-state index in [1.807, 2.05) is 26.8 Å². The van der Waals surface area contributed by atoms with Crippen molar-refractivity contribution in [3.63, 3.8) is 0 Å². The molecule has 1 unspecified atom stereocenters. The number of rotatable bonds is 5. The first-order valence-electron chi connectivity index (χ1n) is 6.32. The zero-order valence-corrected chi connectivity index (χ0v) is 12.1. The number of hydrogen-bond donors (Lipinski definition) is 2. The fourth-order valence-electron chi connectivity index (χ4n) is 1.80. The Morgan fingerprint density at radius 2 is 2.14 bits per heavy atom. The van der Waals surface area contributed by atoms with Crippen LogP contribution in [0.3, 0.4) is 0 Å². The molecule has 0 aliphatic carbocycles. The summed E-state index contributed by atoms with van der Waals surface area (Å²) in [6, 6.07) is 5.35. The molecule has 0 aliphatic heterocycles. The molecule has 1 aromatic carbocycles. The molecule has 1 rings (SSSR count). The largest absolute Gasteiger partial charge is 0.481 e. The number of non-ortho nitro benzene ring substituents is 1. The highest BCUT2D eigenvalue weighted by molar-refractivity contribution is 5.69. The van der Waals surface area contributed by atoms with Gasteiger partial charge in [-0.05, 0) is 11.5 Å². The number of benzene rings is 1. The standard InChI is InChI=1S/C14H17N3O4/c1-14(2,3)12(7-13(18)19)16-11-5-4-10(17(20)21)6-9(11)8-15/h4-6,12,16H,7H2,1-3H3,(H,18,19). The number of nitrogens with one attached hydrogen (secondary N) is 1. The van der Waals surface area contributed by atoms with Crippen molar-refractivity contribution in [3.05, 3.63) is 33.9 Å². The van der Waals surface area contributed by atoms with Crippen LogP contribution < -0.4 is 5.32 Å². The van der Waals surface area contributed by atoms with E-state index >= 15 is 0 Å². The number of nitro benzene ring substituents is 1. The average molecular weight is 291 g/mol. The number of carboxylic acid groups (broad SMARTS) is 1. The van der Waals surface area contributed by atoms with Gasteiger partial charge in [-0.15, -0.1) is 0 Å². The predicted octanol–water partition coefficient (Wildman–Crippen LogP) is 2.77. The van der Waals surface area contributed by atoms with Crippen LogP contribution in [0.2, 0.25) is 0 Å². The van der Waals surface area contributed by atoms with Crippen molar-refractivity contribution in [2.45, 2.75) is 33.2 Å². The minimum atomic E-state index is -0.956. The van der Waals surface area contributed by atoms with Crippen LogP contribution >= 0.6 is 0 Å². The third-order valence-corrected chi connectivity index (χ3v) is 3.09. The Hall–Kier alpha value is -2.62. The number of hydrogen-bond acceptors (Lipinski definition) is 5. The number of anilines is 1. The quantitative estimate of drug-likeness (QED) is 0.636. The molecular weight excluding hydrogens is 274 g/mol. The van der Waals surface area contributed by atoms with Gasteiger partial charge in [0.1, 0.15) is 6.07 Å². The Balaban J connectivity index is 3.12. The lowest BCUT2D eigenvalue weighted by molar-refractivity contribution is -0.384. The van der Waals surface area contributed by atoms with Crippen LogP contribution in [-0.4, -0.2) is 22.0 Å². The highest BCUT2D eigenvalue weighted by Crippen LogP contribution is 2.28. The Morgan fingerprint density at radius 1 is 1.52 bits per heavy atom. The fraction of sp³-hybridized carbons (Fsp3) is 0.429. The van der Waals surface area contributed by atoms with Crippen molar-refractivity contribution < 1.29 is 14.8 Å². The first-order valence-corrected chi connectivity index (χ1v) is 6.32. The molecule has 1 aromatic rings. The summed E-state index contributed by atoms with van der Waals surface area (Å²) in [5.41, 5.74) is -0.0249. The molecule has 0 aromatic heterocycles. The van der Waals surface area contributed by atoms with Crippen LogP contribution in [0.25, 0.3) is 0 Å². The number of carboxylic acids is 1. The van der Waals surface area contributed by atoms with Crippen molar-refractivity contribution in [1.82, 2.24) is 0 Å². The molecule has 0 bridgehead atoms. The molecular formula is C14H17N3O4. The normalized spacial score (nSPS) is 12.3. The summed E-state index contributed by atoms with van der Waals surface area (Å²) in [5, 5.41) is 31.8. The fourth-order valence-corrected chi connectivity index (χ4v) is 1.80. The van der Waals surface area contributed by atoms with Crippen molar-refractivity contribution in [1.29, 1.82) is 5.26 Å². The van der Waals surface area contributed by atoms with Gasteiger partial charge in [0.15, 0.2) is 0 Å². The van der Waals surface area contributed by atoms with Crippen molar-refractivity contribution in [3.8, 4) is 6.07 Å². The van der Waals surface area contributed by atoms with E-state index in [1.165, 1.54) is 18.2 Å². The Bertz CT molecular complexity index is 599. The van der Waals surface area contributed by atoms with Gasteiger partial charge in [0.2, 0.25) is 0 Å². The van der Waals surface area contributed by atoms with Crippen LogP contribution in [-0.2, 0) is 4.79 Å². The lowest BCUT2D eigenvalue weighted by Crippen LogP contribution is -2.36. The third kappa shape index (κ3) is 4.45. The average Bonchev–Trinajstić information content (AvgIpc) is 2.36. The minimum absolute atomic E-state index is 0.115. The topological polar surface area (TPSA) is 116 Å². The predicted molar refractivity (Wildman–Crippen MR) is 76.9 cm³/mol. The second-order valence-corrected chi connectivity index (χ2v) is 5.76. The van der Waals surface area contributed by atoms with E-state index in [1.54, 1.807) is 0 Å². The summed E-state index contributed by atoms with van der Waals surface area (Å²) in [7, 11) is 0. The number of nitriles is 1. The van der Waals surface area contributed by atoms with E-state index in [-0.39, 0.29) is 23.1 Å². The maximum Gasteiger partial charge on any atom is 0.305 e. The van der Waals surface area contributed by atoms with Crippen LogP contribution in [0.1, 0.15) is 32.8 Å². The number of carbonyl (C=O) groups is 1. The molecule has 7 nitrogen and oxygen atoms in total. The molecule has 0 aliphatic rings. The Morgan fingerprint density at radius 3 is 2.57 bits per heavy atom. The molecule has 0 amide bonds. The Labute approximate surface area is 122 Å². The van der Waals surface area contributed by atoms with Gasteiger partial charge in [0.05, 0.1) is 22.6 Å². The van der Waals surface area contributed by atoms with E-state index < -0.39 is 16.9 Å². The molecule has 0 fully saturated rings. The van der Waals surface area contributed by atoms with Gasteiger partial charge in [0, 0.05) is 18.2 Å². The van der Waals surface area contributed by atoms with Gasteiger partial charge in [-0.1, -0.05) is 20.8 Å². The van der Waals surface area contributed by atoms with Crippen molar-refractivity contribution >= 4 is 17.3 Å². The van der Waals surface area contributed by atoms with Gasteiger partial charge in [-0.3, -0.25) is 14.9 Å². The van der Waals surface area contributed by atoms with Gasteiger partial charge in [0.25, 0.3) is 5.69 Å². The van der Waals surface area contributed by atoms with Gasteiger partial charge < -0.3 is 10.4 Å². The Kier molecular flexibility index (Phi) is 4.87. The number of aliphatic carboxylic acids is 1. The van der Waals surface area contributed by atoms with Gasteiger partial charge >= 0.3 is 5.97 Å². The molecule has 0 saturated carbocycles. The zero-order chi connectivity index (χ0) is 16.2. The lowest BCUT2D eigenvalue weighted by atomic mass is 9.84. The molecule has 1 atom stereocenters. The number of nitrogens with zero attached hydrogens (tertiary/aromatic N) is 2. The molecule has 0 spiro atoms. The van der Waals surface area contributed by atoms with E-state index in [2.05, 4.69) is 5.32 Å². The van der Waals surface area contributed by atoms with E-state index in [9.17, 15) is 14.9 Å². The second kappa shape index (κ2) is 6.22. The summed E-state index contributed by atoms with van der Waals surface area (Å²) in [4.78, 5) is 21.1. The summed E-state index contributed by atoms with van der Waals surface area (Å²) in [6.07, 6.45) is -0.120. The molecule has 21 heavy (non-hydrogen) atoms. The van der Waals surface area contributed by atoms with Gasteiger partial charge in [-0.2, -0.15) is 5.26 Å². The van der Waals surface area contributed by atoms with Crippen molar-refractivity contribution in [2.75, 3.05) is 5.32 Å². The summed E-state index contributed by atoms with van der Waals surface area (Å²) in [5.74, 6) is -0.956. The van der Waals surface area contributed by atoms with Crippen LogP contribution in [0.5, 0.6) is 0 Å². The summed E-state index contributed by atoms with van der Waals surface area (Å²) < 4.78 is 0. The molecule has 0 heterocycles. The monoisotopic (exact) mass is 291 g/mol. The highest BCUT2D eigenvalue weighted by atomic mass is 16.6. The third-order valence-electron chi connectivity index (χ3n) is 3.09. The lowest BCUT2D eigenvalue weighted by Gasteiger charge is -2.31. The van der Waals surface area contributed by atoms with E-state index in [0.29, 0.717) is 5.69 Å². The zero-order valence-electron chi connectivity index (χ0n) is 12.1.